The molecule has 2 aromatic carbocycles. The number of para-hydroxylation sites is 1. The monoisotopic (exact) mass is 310 g/mol. The molecule has 0 amide bonds. The third kappa shape index (κ3) is 6.90. The Kier molecular flexibility index (Phi) is 7.19. The molecule has 0 N–H and O–H groups in total. The normalized spacial score (nSPS) is 12.3. The lowest BCUT2D eigenvalue weighted by Gasteiger charge is -2.12. The van der Waals surface area contributed by atoms with Gasteiger partial charge in [-0.25, -0.2) is 0 Å². The maximum absolute atomic E-state index is 5.83. The Morgan fingerprint density at radius 3 is 2.04 bits per heavy atom. The lowest BCUT2D eigenvalue weighted by molar-refractivity contribution is 0.436. The van der Waals surface area contributed by atoms with E-state index in [9.17, 15) is 0 Å². The highest BCUT2D eigenvalue weighted by atomic mass is 16.5. The zero-order valence-corrected chi connectivity index (χ0v) is 14.8. The van der Waals surface area contributed by atoms with Crippen molar-refractivity contribution in [1.29, 1.82) is 0 Å². The van der Waals surface area contributed by atoms with Gasteiger partial charge in [0.15, 0.2) is 0 Å². The standard InChI is InChI=1S/C22H30O/c1-18(2)8-7-9-19(3)12-13-20-14-16-22(17-15-20)23-21-10-5-4-6-11-21/h4-6,10-11,14-19H,7-9,12-13H2,1-3H3. The van der Waals surface area contributed by atoms with E-state index >= 15 is 0 Å². The molecule has 0 aliphatic carbocycles. The molecular formula is C22H30O. The molecule has 0 saturated carbocycles. The minimum Gasteiger partial charge on any atom is -0.457 e. The first-order chi connectivity index (χ1) is 11.1. The van der Waals surface area contributed by atoms with E-state index in [4.69, 9.17) is 4.74 Å². The molecule has 0 radical (unpaired) electrons. The second kappa shape index (κ2) is 9.39. The highest BCUT2D eigenvalue weighted by molar-refractivity contribution is 5.32. The molecule has 124 valence electrons. The van der Waals surface area contributed by atoms with Crippen LogP contribution in [0.5, 0.6) is 11.5 Å². The Labute approximate surface area is 141 Å². The van der Waals surface area contributed by atoms with E-state index in [0.717, 1.165) is 29.8 Å². The van der Waals surface area contributed by atoms with Gasteiger partial charge in [-0.1, -0.05) is 70.4 Å². The Bertz CT molecular complexity index is 542. The number of hydrogen-bond donors (Lipinski definition) is 0. The predicted octanol–water partition coefficient (Wildman–Crippen LogP) is 6.87. The van der Waals surface area contributed by atoms with Crippen LogP contribution in [0, 0.1) is 11.8 Å². The van der Waals surface area contributed by atoms with Gasteiger partial charge >= 0.3 is 0 Å². The van der Waals surface area contributed by atoms with Crippen LogP contribution in [0.3, 0.4) is 0 Å². The Balaban J connectivity index is 1.74. The van der Waals surface area contributed by atoms with Crippen molar-refractivity contribution in [2.75, 3.05) is 0 Å². The van der Waals surface area contributed by atoms with Gasteiger partial charge in [0.25, 0.3) is 0 Å². The summed E-state index contributed by atoms with van der Waals surface area (Å²) in [6.45, 7) is 7.00. The first-order valence-electron chi connectivity index (χ1n) is 8.95. The molecule has 0 aliphatic heterocycles. The molecule has 0 aliphatic rings. The summed E-state index contributed by atoms with van der Waals surface area (Å²) in [5.74, 6) is 3.44. The Morgan fingerprint density at radius 1 is 0.739 bits per heavy atom. The lowest BCUT2D eigenvalue weighted by atomic mass is 9.94. The molecule has 0 aromatic heterocycles. The van der Waals surface area contributed by atoms with Crippen molar-refractivity contribution < 1.29 is 4.74 Å². The largest absolute Gasteiger partial charge is 0.457 e. The van der Waals surface area contributed by atoms with Crippen LogP contribution in [0.2, 0.25) is 0 Å². The average molecular weight is 310 g/mol. The zero-order chi connectivity index (χ0) is 16.5. The van der Waals surface area contributed by atoms with Crippen LogP contribution in [0.1, 0.15) is 52.0 Å². The van der Waals surface area contributed by atoms with E-state index in [1.807, 2.05) is 30.3 Å². The van der Waals surface area contributed by atoms with Gasteiger partial charge in [0, 0.05) is 0 Å². The molecule has 0 saturated heterocycles. The topological polar surface area (TPSA) is 9.23 Å². The van der Waals surface area contributed by atoms with Gasteiger partial charge in [0.05, 0.1) is 0 Å². The maximum atomic E-state index is 5.83. The van der Waals surface area contributed by atoms with Crippen LogP contribution in [0.4, 0.5) is 0 Å². The van der Waals surface area contributed by atoms with Crippen LogP contribution in [-0.4, -0.2) is 0 Å². The maximum Gasteiger partial charge on any atom is 0.127 e. The fraction of sp³-hybridized carbons (Fsp3) is 0.455. The van der Waals surface area contributed by atoms with E-state index in [1.165, 1.54) is 31.2 Å². The van der Waals surface area contributed by atoms with Gasteiger partial charge in [0.2, 0.25) is 0 Å². The quantitative estimate of drug-likeness (QED) is 0.491. The highest BCUT2D eigenvalue weighted by Gasteiger charge is 2.04. The average Bonchev–Trinajstić information content (AvgIpc) is 2.55. The molecule has 0 heterocycles. The smallest absolute Gasteiger partial charge is 0.127 e. The van der Waals surface area contributed by atoms with E-state index in [-0.39, 0.29) is 0 Å². The van der Waals surface area contributed by atoms with Gasteiger partial charge in [-0.15, -0.1) is 0 Å². The fourth-order valence-corrected chi connectivity index (χ4v) is 2.78. The van der Waals surface area contributed by atoms with E-state index < -0.39 is 0 Å². The molecule has 0 spiro atoms. The summed E-state index contributed by atoms with van der Waals surface area (Å²) in [6, 6.07) is 18.5. The third-order valence-corrected chi connectivity index (χ3v) is 4.31. The summed E-state index contributed by atoms with van der Waals surface area (Å²) in [6.07, 6.45) is 6.51. The lowest BCUT2D eigenvalue weighted by Crippen LogP contribution is -1.99. The number of rotatable bonds is 9. The molecule has 1 atom stereocenters. The van der Waals surface area contributed by atoms with E-state index in [2.05, 4.69) is 45.0 Å². The Hall–Kier alpha value is -1.76. The summed E-state index contributed by atoms with van der Waals surface area (Å²) in [4.78, 5) is 0. The van der Waals surface area contributed by atoms with Crippen molar-refractivity contribution in [1.82, 2.24) is 0 Å². The van der Waals surface area contributed by atoms with Crippen LogP contribution < -0.4 is 4.74 Å². The Morgan fingerprint density at radius 2 is 1.39 bits per heavy atom. The van der Waals surface area contributed by atoms with Crippen molar-refractivity contribution in [3.63, 3.8) is 0 Å². The van der Waals surface area contributed by atoms with Crippen molar-refractivity contribution in [3.8, 4) is 11.5 Å². The van der Waals surface area contributed by atoms with Gasteiger partial charge in [-0.05, 0) is 54.5 Å². The molecular weight excluding hydrogens is 280 g/mol. The van der Waals surface area contributed by atoms with Gasteiger partial charge in [-0.2, -0.15) is 0 Å². The van der Waals surface area contributed by atoms with E-state index in [1.54, 1.807) is 0 Å². The van der Waals surface area contributed by atoms with Crippen LogP contribution in [0.15, 0.2) is 54.6 Å². The van der Waals surface area contributed by atoms with Crippen LogP contribution in [0.25, 0.3) is 0 Å². The van der Waals surface area contributed by atoms with Crippen molar-refractivity contribution in [3.05, 3.63) is 60.2 Å². The zero-order valence-electron chi connectivity index (χ0n) is 14.8. The fourth-order valence-electron chi connectivity index (χ4n) is 2.78. The summed E-state index contributed by atoms with van der Waals surface area (Å²) in [5, 5.41) is 0. The first-order valence-corrected chi connectivity index (χ1v) is 8.95. The summed E-state index contributed by atoms with van der Waals surface area (Å²) in [7, 11) is 0. The second-order valence-electron chi connectivity index (χ2n) is 7.03. The second-order valence-corrected chi connectivity index (χ2v) is 7.03. The van der Waals surface area contributed by atoms with Crippen LogP contribution >= 0.6 is 0 Å². The number of hydrogen-bond acceptors (Lipinski definition) is 1. The SMILES string of the molecule is CC(C)CCCC(C)CCc1ccc(Oc2ccccc2)cc1. The van der Waals surface area contributed by atoms with Crippen molar-refractivity contribution in [2.45, 2.75) is 52.9 Å². The molecule has 1 nitrogen and oxygen atoms in total. The molecule has 0 fully saturated rings. The minimum absolute atomic E-state index is 0.814. The van der Waals surface area contributed by atoms with Crippen molar-refractivity contribution in [2.24, 2.45) is 11.8 Å². The number of ether oxygens (including phenoxy) is 1. The number of benzene rings is 2. The molecule has 0 bridgehead atoms. The molecule has 2 aromatic rings. The molecule has 2 rings (SSSR count). The summed E-state index contributed by atoms with van der Waals surface area (Å²) in [5.41, 5.74) is 1.40. The molecule has 23 heavy (non-hydrogen) atoms. The highest BCUT2D eigenvalue weighted by Crippen LogP contribution is 2.22. The van der Waals surface area contributed by atoms with Gasteiger partial charge in [0.1, 0.15) is 11.5 Å². The van der Waals surface area contributed by atoms with Gasteiger partial charge in [-0.3, -0.25) is 0 Å². The number of aryl methyl sites for hydroxylation is 1. The first kappa shape index (κ1) is 17.6. The minimum atomic E-state index is 0.814. The molecule has 1 heteroatoms. The van der Waals surface area contributed by atoms with Crippen molar-refractivity contribution >= 4 is 0 Å². The van der Waals surface area contributed by atoms with Gasteiger partial charge < -0.3 is 4.74 Å². The van der Waals surface area contributed by atoms with E-state index in [0.29, 0.717) is 0 Å². The summed E-state index contributed by atoms with van der Waals surface area (Å²) < 4.78 is 5.83. The predicted molar refractivity (Wildman–Crippen MR) is 99.1 cm³/mol. The summed E-state index contributed by atoms with van der Waals surface area (Å²) >= 11 is 0. The third-order valence-electron chi connectivity index (χ3n) is 4.31. The molecule has 1 unspecified atom stereocenters. The van der Waals surface area contributed by atoms with Crippen LogP contribution in [-0.2, 0) is 6.42 Å².